The van der Waals surface area contributed by atoms with Crippen LogP contribution >= 0.6 is 0 Å². The number of ether oxygens (including phenoxy) is 1. The van der Waals surface area contributed by atoms with Gasteiger partial charge in [0.2, 0.25) is 5.89 Å². The minimum atomic E-state index is 0.486. The Bertz CT molecular complexity index is 342. The van der Waals surface area contributed by atoms with Crippen molar-refractivity contribution in [2.45, 2.75) is 46.6 Å². The monoisotopic (exact) mass is 284 g/mol. The van der Waals surface area contributed by atoms with Crippen molar-refractivity contribution in [3.8, 4) is 0 Å². The molecule has 20 heavy (non-hydrogen) atoms. The molecule has 6 heteroatoms. The van der Waals surface area contributed by atoms with Crippen molar-refractivity contribution in [1.82, 2.24) is 15.5 Å². The van der Waals surface area contributed by atoms with Crippen molar-refractivity contribution < 1.29 is 9.15 Å². The number of hydrogen-bond donors (Lipinski definition) is 2. The first-order chi connectivity index (χ1) is 9.72. The van der Waals surface area contributed by atoms with E-state index in [1.807, 2.05) is 0 Å². The molecule has 0 spiro atoms. The van der Waals surface area contributed by atoms with Crippen molar-refractivity contribution in [2.24, 2.45) is 5.92 Å². The second kappa shape index (κ2) is 10.6. The molecule has 1 aromatic heterocycles. The number of nitrogens with one attached hydrogen (secondary N) is 2. The van der Waals surface area contributed by atoms with E-state index in [0.29, 0.717) is 24.4 Å². The lowest BCUT2D eigenvalue weighted by Gasteiger charge is -2.04. The van der Waals surface area contributed by atoms with E-state index in [1.165, 1.54) is 6.42 Å². The molecule has 1 rings (SSSR count). The molecule has 0 radical (unpaired) electrons. The van der Waals surface area contributed by atoms with Crippen LogP contribution in [0.1, 0.15) is 45.9 Å². The molecular formula is C14H28N4O2. The van der Waals surface area contributed by atoms with Gasteiger partial charge in [-0.1, -0.05) is 32.3 Å². The van der Waals surface area contributed by atoms with Crippen LogP contribution in [0.2, 0.25) is 0 Å². The number of aromatic nitrogens is 2. The Hall–Kier alpha value is -1.14. The van der Waals surface area contributed by atoms with Crippen LogP contribution in [-0.2, 0) is 11.3 Å². The molecule has 116 valence electrons. The molecule has 0 aromatic carbocycles. The van der Waals surface area contributed by atoms with Crippen molar-refractivity contribution in [2.75, 3.05) is 31.6 Å². The van der Waals surface area contributed by atoms with Crippen LogP contribution in [-0.4, -0.2) is 36.5 Å². The summed E-state index contributed by atoms with van der Waals surface area (Å²) in [5, 5.41) is 14.3. The van der Waals surface area contributed by atoms with E-state index < -0.39 is 0 Å². The minimum Gasteiger partial charge on any atom is -0.407 e. The van der Waals surface area contributed by atoms with Gasteiger partial charge in [0.1, 0.15) is 0 Å². The molecule has 0 bridgehead atoms. The molecule has 0 saturated heterocycles. The highest BCUT2D eigenvalue weighted by atomic mass is 16.5. The first-order valence-electron chi connectivity index (χ1n) is 7.57. The van der Waals surface area contributed by atoms with Crippen LogP contribution in [0.5, 0.6) is 0 Å². The molecule has 0 amide bonds. The van der Waals surface area contributed by atoms with Crippen molar-refractivity contribution in [3.63, 3.8) is 0 Å². The summed E-state index contributed by atoms with van der Waals surface area (Å²) in [5.41, 5.74) is 0. The van der Waals surface area contributed by atoms with Gasteiger partial charge >= 0.3 is 6.01 Å². The van der Waals surface area contributed by atoms with Crippen LogP contribution in [0, 0.1) is 5.92 Å². The summed E-state index contributed by atoms with van der Waals surface area (Å²) in [5.74, 6) is 1.23. The fourth-order valence-corrected chi connectivity index (χ4v) is 1.58. The van der Waals surface area contributed by atoms with E-state index in [1.54, 1.807) is 0 Å². The van der Waals surface area contributed by atoms with Gasteiger partial charge in [0, 0.05) is 19.8 Å². The largest absolute Gasteiger partial charge is 0.407 e. The zero-order valence-electron chi connectivity index (χ0n) is 12.9. The van der Waals surface area contributed by atoms with Crippen molar-refractivity contribution >= 4 is 6.01 Å². The maximum atomic E-state index is 5.48. The Morgan fingerprint density at radius 2 is 2.00 bits per heavy atom. The standard InChI is InChI=1S/C14H28N4O2/c1-4-5-8-19-9-6-7-16-14-18-17-13(20-14)11-15-10-12(2)3/h12,15H,4-11H2,1-3H3,(H,16,18). The first kappa shape index (κ1) is 16.9. The summed E-state index contributed by atoms with van der Waals surface area (Å²) in [4.78, 5) is 0. The summed E-state index contributed by atoms with van der Waals surface area (Å²) >= 11 is 0. The number of unbranched alkanes of at least 4 members (excludes halogenated alkanes) is 1. The smallest absolute Gasteiger partial charge is 0.315 e. The molecule has 6 nitrogen and oxygen atoms in total. The van der Waals surface area contributed by atoms with Crippen LogP contribution in [0.25, 0.3) is 0 Å². The third-order valence-electron chi connectivity index (χ3n) is 2.68. The molecule has 0 saturated carbocycles. The summed E-state index contributed by atoms with van der Waals surface area (Å²) in [7, 11) is 0. The summed E-state index contributed by atoms with van der Waals surface area (Å²) in [6.07, 6.45) is 3.24. The summed E-state index contributed by atoms with van der Waals surface area (Å²) in [6, 6.07) is 0.486. The molecule has 0 aliphatic carbocycles. The van der Waals surface area contributed by atoms with Crippen LogP contribution in [0.4, 0.5) is 6.01 Å². The van der Waals surface area contributed by atoms with Gasteiger partial charge in [0.25, 0.3) is 0 Å². The Kier molecular flexibility index (Phi) is 8.98. The van der Waals surface area contributed by atoms with E-state index in [-0.39, 0.29) is 0 Å². The maximum Gasteiger partial charge on any atom is 0.315 e. The van der Waals surface area contributed by atoms with Crippen LogP contribution in [0.3, 0.4) is 0 Å². The molecule has 1 heterocycles. The lowest BCUT2D eigenvalue weighted by Crippen LogP contribution is -2.19. The molecule has 0 unspecified atom stereocenters. The lowest BCUT2D eigenvalue weighted by atomic mass is 10.2. The SMILES string of the molecule is CCCCOCCCNc1nnc(CNCC(C)C)o1. The van der Waals surface area contributed by atoms with Gasteiger partial charge in [-0.2, -0.15) is 0 Å². The number of anilines is 1. The zero-order valence-corrected chi connectivity index (χ0v) is 12.9. The second-order valence-electron chi connectivity index (χ2n) is 5.27. The average molecular weight is 284 g/mol. The van der Waals surface area contributed by atoms with Gasteiger partial charge in [-0.3, -0.25) is 0 Å². The lowest BCUT2D eigenvalue weighted by molar-refractivity contribution is 0.131. The van der Waals surface area contributed by atoms with Gasteiger partial charge in [0.15, 0.2) is 0 Å². The van der Waals surface area contributed by atoms with E-state index in [4.69, 9.17) is 9.15 Å². The predicted octanol–water partition coefficient (Wildman–Crippen LogP) is 2.43. The molecule has 0 fully saturated rings. The highest BCUT2D eigenvalue weighted by molar-refractivity contribution is 5.16. The van der Waals surface area contributed by atoms with E-state index >= 15 is 0 Å². The fourth-order valence-electron chi connectivity index (χ4n) is 1.58. The highest BCUT2D eigenvalue weighted by Gasteiger charge is 2.05. The van der Waals surface area contributed by atoms with E-state index in [2.05, 4.69) is 41.6 Å². The molecule has 0 aliphatic heterocycles. The number of hydrogen-bond acceptors (Lipinski definition) is 6. The zero-order chi connectivity index (χ0) is 14.6. The van der Waals surface area contributed by atoms with Gasteiger partial charge in [0.05, 0.1) is 6.54 Å². The minimum absolute atomic E-state index is 0.486. The van der Waals surface area contributed by atoms with Crippen molar-refractivity contribution in [3.05, 3.63) is 5.89 Å². The van der Waals surface area contributed by atoms with Crippen LogP contribution < -0.4 is 10.6 Å². The van der Waals surface area contributed by atoms with Gasteiger partial charge < -0.3 is 19.8 Å². The van der Waals surface area contributed by atoms with E-state index in [0.717, 1.165) is 39.1 Å². The predicted molar refractivity (Wildman–Crippen MR) is 79.7 cm³/mol. The van der Waals surface area contributed by atoms with Gasteiger partial charge in [-0.05, 0) is 25.3 Å². The quantitative estimate of drug-likeness (QED) is 0.574. The Balaban J connectivity index is 2.05. The second-order valence-corrected chi connectivity index (χ2v) is 5.27. The molecule has 2 N–H and O–H groups in total. The fraction of sp³-hybridized carbons (Fsp3) is 0.857. The molecule has 0 atom stereocenters. The first-order valence-corrected chi connectivity index (χ1v) is 7.57. The summed E-state index contributed by atoms with van der Waals surface area (Å²) < 4.78 is 10.9. The topological polar surface area (TPSA) is 72.2 Å². The normalized spacial score (nSPS) is 11.2. The summed E-state index contributed by atoms with van der Waals surface area (Å²) in [6.45, 7) is 10.5. The van der Waals surface area contributed by atoms with Crippen LogP contribution in [0.15, 0.2) is 4.42 Å². The maximum absolute atomic E-state index is 5.48. The Labute approximate surface area is 121 Å². The number of nitrogens with zero attached hydrogens (tertiary/aromatic N) is 2. The third kappa shape index (κ3) is 8.12. The molecule has 1 aromatic rings. The Morgan fingerprint density at radius 1 is 1.20 bits per heavy atom. The molecule has 0 aliphatic rings. The van der Waals surface area contributed by atoms with E-state index in [9.17, 15) is 0 Å². The Morgan fingerprint density at radius 3 is 2.75 bits per heavy atom. The highest BCUT2D eigenvalue weighted by Crippen LogP contribution is 2.05. The molecular weight excluding hydrogens is 256 g/mol. The van der Waals surface area contributed by atoms with Gasteiger partial charge in [-0.25, -0.2) is 0 Å². The third-order valence-corrected chi connectivity index (χ3v) is 2.68. The van der Waals surface area contributed by atoms with Gasteiger partial charge in [-0.15, -0.1) is 5.10 Å². The van der Waals surface area contributed by atoms with Crippen molar-refractivity contribution in [1.29, 1.82) is 0 Å². The number of rotatable bonds is 12. The average Bonchev–Trinajstić information content (AvgIpc) is 2.85.